The predicted molar refractivity (Wildman–Crippen MR) is 123 cm³/mol. The Morgan fingerprint density at radius 3 is 2.32 bits per heavy atom. The summed E-state index contributed by atoms with van der Waals surface area (Å²) >= 11 is 0. The average molecular weight is 507 g/mol. The Balaban J connectivity index is 0.00000392. The Kier molecular flexibility index (Phi) is 12.1. The standard InChI is InChI=1S/C20H33N3O4.HI/c1-21-20(23(2)9-11-26-15-16-6-7-16)22-8-5-10-27-19-13-17(24-3)12-18(14-19)25-4;/h12-14,16H,5-11,15H2,1-4H3,(H,21,22);1H. The van der Waals surface area contributed by atoms with Gasteiger partial charge in [0.2, 0.25) is 0 Å². The van der Waals surface area contributed by atoms with Gasteiger partial charge in [-0.25, -0.2) is 0 Å². The largest absolute Gasteiger partial charge is 0.496 e. The first-order chi connectivity index (χ1) is 13.2. The summed E-state index contributed by atoms with van der Waals surface area (Å²) < 4.78 is 22.0. The first kappa shape index (κ1) is 24.6. The number of nitrogens with one attached hydrogen (secondary N) is 1. The molecule has 1 aromatic carbocycles. The van der Waals surface area contributed by atoms with E-state index >= 15 is 0 Å². The molecule has 0 spiro atoms. The molecule has 1 aliphatic carbocycles. The number of aliphatic imine (C=N–C) groups is 1. The zero-order valence-corrected chi connectivity index (χ0v) is 19.7. The van der Waals surface area contributed by atoms with Gasteiger partial charge in [-0.2, -0.15) is 0 Å². The van der Waals surface area contributed by atoms with Crippen LogP contribution in [0.1, 0.15) is 19.3 Å². The summed E-state index contributed by atoms with van der Waals surface area (Å²) in [4.78, 5) is 6.40. The lowest BCUT2D eigenvalue weighted by molar-refractivity contribution is 0.115. The van der Waals surface area contributed by atoms with Gasteiger partial charge < -0.3 is 29.2 Å². The zero-order valence-electron chi connectivity index (χ0n) is 17.4. The van der Waals surface area contributed by atoms with Crippen LogP contribution in [0.4, 0.5) is 0 Å². The van der Waals surface area contributed by atoms with Crippen LogP contribution in [-0.4, -0.2) is 72.1 Å². The van der Waals surface area contributed by atoms with Crippen molar-refractivity contribution in [2.75, 3.05) is 61.2 Å². The van der Waals surface area contributed by atoms with Crippen LogP contribution in [0.2, 0.25) is 0 Å². The van der Waals surface area contributed by atoms with Crippen LogP contribution >= 0.6 is 24.0 Å². The van der Waals surface area contributed by atoms with Crippen molar-refractivity contribution >= 4 is 29.9 Å². The molecule has 160 valence electrons. The maximum Gasteiger partial charge on any atom is 0.193 e. The lowest BCUT2D eigenvalue weighted by Crippen LogP contribution is -2.41. The number of guanidine groups is 1. The van der Waals surface area contributed by atoms with Gasteiger partial charge in [-0.05, 0) is 25.2 Å². The molecule has 1 fully saturated rings. The predicted octanol–water partition coefficient (Wildman–Crippen LogP) is 3.02. The number of rotatable bonds is 12. The Bertz CT molecular complexity index is 575. The summed E-state index contributed by atoms with van der Waals surface area (Å²) in [5, 5.41) is 3.35. The molecule has 2 rings (SSSR count). The van der Waals surface area contributed by atoms with E-state index in [0.29, 0.717) is 18.1 Å². The van der Waals surface area contributed by atoms with Gasteiger partial charge in [0, 0.05) is 52.0 Å². The quantitative estimate of drug-likeness (QED) is 0.203. The third-order valence-electron chi connectivity index (χ3n) is 4.39. The van der Waals surface area contributed by atoms with E-state index in [9.17, 15) is 0 Å². The van der Waals surface area contributed by atoms with Gasteiger partial charge in [-0.1, -0.05) is 0 Å². The second-order valence-corrected chi connectivity index (χ2v) is 6.66. The van der Waals surface area contributed by atoms with Gasteiger partial charge in [0.1, 0.15) is 17.2 Å². The van der Waals surface area contributed by atoms with Crippen LogP contribution in [-0.2, 0) is 4.74 Å². The van der Waals surface area contributed by atoms with E-state index < -0.39 is 0 Å². The van der Waals surface area contributed by atoms with Gasteiger partial charge in [0.05, 0.1) is 27.4 Å². The van der Waals surface area contributed by atoms with Gasteiger partial charge >= 0.3 is 0 Å². The SMILES string of the molecule is CN=C(NCCCOc1cc(OC)cc(OC)c1)N(C)CCOCC1CC1.I. The number of benzene rings is 1. The number of halogens is 1. The summed E-state index contributed by atoms with van der Waals surface area (Å²) in [7, 11) is 7.07. The van der Waals surface area contributed by atoms with Crippen molar-refractivity contribution in [3.05, 3.63) is 18.2 Å². The second-order valence-electron chi connectivity index (χ2n) is 6.66. The van der Waals surface area contributed by atoms with Crippen LogP contribution in [0.5, 0.6) is 17.2 Å². The zero-order chi connectivity index (χ0) is 19.5. The molecule has 1 N–H and O–H groups in total. The van der Waals surface area contributed by atoms with Crippen LogP contribution in [0.25, 0.3) is 0 Å². The summed E-state index contributed by atoms with van der Waals surface area (Å²) in [6.07, 6.45) is 3.50. The van der Waals surface area contributed by atoms with E-state index in [2.05, 4.69) is 15.2 Å². The van der Waals surface area contributed by atoms with Crippen molar-refractivity contribution in [3.8, 4) is 17.2 Å². The molecular formula is C20H34IN3O4. The molecule has 0 unspecified atom stereocenters. The van der Waals surface area contributed by atoms with E-state index in [1.807, 2.05) is 25.2 Å². The maximum absolute atomic E-state index is 5.80. The van der Waals surface area contributed by atoms with Crippen LogP contribution in [0, 0.1) is 5.92 Å². The third-order valence-corrected chi connectivity index (χ3v) is 4.39. The van der Waals surface area contributed by atoms with Crippen molar-refractivity contribution < 1.29 is 18.9 Å². The normalized spacial score (nSPS) is 13.5. The molecular weight excluding hydrogens is 473 g/mol. The second kappa shape index (κ2) is 13.7. The molecule has 1 aromatic rings. The first-order valence-electron chi connectivity index (χ1n) is 9.51. The molecule has 1 saturated carbocycles. The summed E-state index contributed by atoms with van der Waals surface area (Å²) in [6, 6.07) is 5.53. The Labute approximate surface area is 185 Å². The monoisotopic (exact) mass is 507 g/mol. The lowest BCUT2D eigenvalue weighted by Gasteiger charge is -2.22. The topological polar surface area (TPSA) is 64.6 Å². The maximum atomic E-state index is 5.80. The molecule has 0 amide bonds. The molecule has 1 aliphatic rings. The fourth-order valence-corrected chi connectivity index (χ4v) is 2.55. The third kappa shape index (κ3) is 9.18. The van der Waals surface area contributed by atoms with E-state index in [0.717, 1.165) is 50.4 Å². The molecule has 0 aromatic heterocycles. The number of nitrogens with zero attached hydrogens (tertiary/aromatic N) is 2. The average Bonchev–Trinajstić information content (AvgIpc) is 3.52. The molecule has 28 heavy (non-hydrogen) atoms. The highest BCUT2D eigenvalue weighted by atomic mass is 127. The number of methoxy groups -OCH3 is 2. The summed E-state index contributed by atoms with van der Waals surface area (Å²) in [6.45, 7) is 3.82. The lowest BCUT2D eigenvalue weighted by atomic mass is 10.3. The minimum atomic E-state index is 0. The van der Waals surface area contributed by atoms with Crippen molar-refractivity contribution in [2.45, 2.75) is 19.3 Å². The van der Waals surface area contributed by atoms with E-state index in [1.165, 1.54) is 12.8 Å². The van der Waals surface area contributed by atoms with E-state index in [4.69, 9.17) is 18.9 Å². The number of likely N-dealkylation sites (N-methyl/N-ethyl adjacent to an activating group) is 1. The first-order valence-corrected chi connectivity index (χ1v) is 9.51. The molecule has 7 nitrogen and oxygen atoms in total. The Morgan fingerprint density at radius 1 is 1.11 bits per heavy atom. The molecule has 0 heterocycles. The van der Waals surface area contributed by atoms with E-state index in [-0.39, 0.29) is 24.0 Å². The highest BCUT2D eigenvalue weighted by Gasteiger charge is 2.21. The van der Waals surface area contributed by atoms with Crippen molar-refractivity contribution in [1.82, 2.24) is 10.2 Å². The van der Waals surface area contributed by atoms with Gasteiger partial charge in [0.25, 0.3) is 0 Å². The van der Waals surface area contributed by atoms with E-state index in [1.54, 1.807) is 21.3 Å². The highest BCUT2D eigenvalue weighted by Crippen LogP contribution is 2.28. The Hall–Kier alpha value is -1.42. The fraction of sp³-hybridized carbons (Fsp3) is 0.650. The van der Waals surface area contributed by atoms with Crippen LogP contribution in [0.3, 0.4) is 0 Å². The Morgan fingerprint density at radius 2 is 1.75 bits per heavy atom. The molecule has 0 atom stereocenters. The molecule has 0 aliphatic heterocycles. The molecule has 8 heteroatoms. The van der Waals surface area contributed by atoms with Gasteiger partial charge in [0.15, 0.2) is 5.96 Å². The minimum Gasteiger partial charge on any atom is -0.496 e. The van der Waals surface area contributed by atoms with Gasteiger partial charge in [-0.3, -0.25) is 4.99 Å². The number of hydrogen-bond donors (Lipinski definition) is 1. The smallest absolute Gasteiger partial charge is 0.193 e. The summed E-state index contributed by atoms with van der Waals surface area (Å²) in [5.74, 6) is 3.84. The van der Waals surface area contributed by atoms with Crippen LogP contribution < -0.4 is 19.5 Å². The van der Waals surface area contributed by atoms with Gasteiger partial charge in [-0.15, -0.1) is 24.0 Å². The van der Waals surface area contributed by atoms with Crippen molar-refractivity contribution in [1.29, 1.82) is 0 Å². The number of hydrogen-bond acceptors (Lipinski definition) is 5. The molecule has 0 bridgehead atoms. The summed E-state index contributed by atoms with van der Waals surface area (Å²) in [5.41, 5.74) is 0. The highest BCUT2D eigenvalue weighted by molar-refractivity contribution is 14.0. The molecule has 0 saturated heterocycles. The molecule has 0 radical (unpaired) electrons. The van der Waals surface area contributed by atoms with Crippen LogP contribution in [0.15, 0.2) is 23.2 Å². The van der Waals surface area contributed by atoms with Crippen molar-refractivity contribution in [2.24, 2.45) is 10.9 Å². The number of ether oxygens (including phenoxy) is 4. The van der Waals surface area contributed by atoms with Crippen molar-refractivity contribution in [3.63, 3.8) is 0 Å². The minimum absolute atomic E-state index is 0. The fourth-order valence-electron chi connectivity index (χ4n) is 2.55.